The Kier molecular flexibility index (Phi) is 5.83. The Morgan fingerprint density at radius 2 is 1.90 bits per heavy atom. The summed E-state index contributed by atoms with van der Waals surface area (Å²) >= 11 is 0. The average molecular weight is 407 g/mol. The second kappa shape index (κ2) is 8.72. The first-order chi connectivity index (χ1) is 14.8. The Morgan fingerprint density at radius 3 is 2.60 bits per heavy atom. The minimum absolute atomic E-state index is 0.0849. The molecule has 1 aliphatic heterocycles. The maximum atomic E-state index is 6.40. The van der Waals surface area contributed by atoms with Crippen molar-refractivity contribution in [3.63, 3.8) is 0 Å². The summed E-state index contributed by atoms with van der Waals surface area (Å²) < 4.78 is 6.40. The van der Waals surface area contributed by atoms with E-state index >= 15 is 0 Å². The maximum Gasteiger partial charge on any atom is 0.0691 e. The van der Waals surface area contributed by atoms with Gasteiger partial charge in [0.1, 0.15) is 0 Å². The van der Waals surface area contributed by atoms with Gasteiger partial charge in [-0.05, 0) is 80.7 Å². The number of nitrogens with one attached hydrogen (secondary N) is 1. The first-order valence-electron chi connectivity index (χ1n) is 11.8. The highest BCUT2D eigenvalue weighted by molar-refractivity contribution is 5.26. The summed E-state index contributed by atoms with van der Waals surface area (Å²) in [7, 11) is 0. The molecular weight excluding hydrogens is 372 g/mol. The van der Waals surface area contributed by atoms with Crippen LogP contribution in [0, 0.1) is 0 Å². The van der Waals surface area contributed by atoms with E-state index in [4.69, 9.17) is 9.72 Å². The van der Waals surface area contributed by atoms with Crippen molar-refractivity contribution in [1.29, 1.82) is 0 Å². The van der Waals surface area contributed by atoms with Gasteiger partial charge in [-0.25, -0.2) is 0 Å². The summed E-state index contributed by atoms with van der Waals surface area (Å²) in [5, 5.41) is 11.5. The van der Waals surface area contributed by atoms with E-state index in [2.05, 4.69) is 33.8 Å². The lowest BCUT2D eigenvalue weighted by Crippen LogP contribution is -2.47. The maximum absolute atomic E-state index is 6.40. The summed E-state index contributed by atoms with van der Waals surface area (Å²) in [6.45, 7) is 2.67. The molecule has 3 heterocycles. The van der Waals surface area contributed by atoms with E-state index in [1.165, 1.54) is 61.8 Å². The van der Waals surface area contributed by atoms with Crippen LogP contribution in [0.1, 0.15) is 86.9 Å². The number of rotatable bonds is 7. The van der Waals surface area contributed by atoms with Crippen LogP contribution >= 0.6 is 0 Å². The zero-order valence-electron chi connectivity index (χ0n) is 18.0. The van der Waals surface area contributed by atoms with Crippen LogP contribution in [0.15, 0.2) is 36.8 Å². The molecule has 2 aromatic heterocycles. The normalized spacial score (nSPS) is 26.0. The molecule has 2 saturated carbocycles. The lowest BCUT2D eigenvalue weighted by atomic mass is 9.67. The van der Waals surface area contributed by atoms with Crippen LogP contribution in [-0.4, -0.2) is 33.9 Å². The molecular formula is C25H34N4O. The van der Waals surface area contributed by atoms with E-state index in [0.717, 1.165) is 44.9 Å². The van der Waals surface area contributed by atoms with Crippen molar-refractivity contribution in [2.24, 2.45) is 0 Å². The quantitative estimate of drug-likeness (QED) is 0.677. The second-order valence-electron chi connectivity index (χ2n) is 9.73. The van der Waals surface area contributed by atoms with Crippen molar-refractivity contribution in [2.75, 3.05) is 13.2 Å². The van der Waals surface area contributed by atoms with Gasteiger partial charge in [-0.15, -0.1) is 0 Å². The molecule has 1 saturated heterocycles. The molecule has 2 aliphatic carbocycles. The molecule has 160 valence electrons. The Hall–Kier alpha value is -1.85. The number of aromatic nitrogens is 3. The molecule has 5 rings (SSSR count). The highest BCUT2D eigenvalue weighted by Gasteiger charge is 2.48. The second-order valence-corrected chi connectivity index (χ2v) is 9.73. The lowest BCUT2D eigenvalue weighted by molar-refractivity contribution is -0.104. The predicted octanol–water partition coefficient (Wildman–Crippen LogP) is 4.68. The van der Waals surface area contributed by atoms with E-state index < -0.39 is 0 Å². The summed E-state index contributed by atoms with van der Waals surface area (Å²) in [4.78, 5) is 5.07. The SMILES string of the molecule is c1cc(CNCCC2(c3ccc(C4CCC4)cn3)CCOC3(CCCC3)C2)cnn1. The van der Waals surface area contributed by atoms with Crippen molar-refractivity contribution in [1.82, 2.24) is 20.5 Å². The highest BCUT2D eigenvalue weighted by atomic mass is 16.5. The molecule has 0 bridgehead atoms. The van der Waals surface area contributed by atoms with E-state index in [1.54, 1.807) is 6.20 Å². The van der Waals surface area contributed by atoms with Gasteiger partial charge in [-0.1, -0.05) is 25.3 Å². The van der Waals surface area contributed by atoms with Crippen LogP contribution < -0.4 is 5.32 Å². The van der Waals surface area contributed by atoms with E-state index in [9.17, 15) is 0 Å². The van der Waals surface area contributed by atoms with Gasteiger partial charge >= 0.3 is 0 Å². The molecule has 0 amide bonds. The molecule has 5 nitrogen and oxygen atoms in total. The van der Waals surface area contributed by atoms with Gasteiger partial charge < -0.3 is 10.1 Å². The zero-order valence-corrected chi connectivity index (χ0v) is 18.0. The molecule has 0 aromatic carbocycles. The first-order valence-corrected chi connectivity index (χ1v) is 11.8. The molecule has 3 aliphatic rings. The number of hydrogen-bond donors (Lipinski definition) is 1. The molecule has 5 heteroatoms. The summed E-state index contributed by atoms with van der Waals surface area (Å²) in [6.07, 6.45) is 18.1. The van der Waals surface area contributed by atoms with Gasteiger partial charge in [-0.2, -0.15) is 10.2 Å². The molecule has 30 heavy (non-hydrogen) atoms. The monoisotopic (exact) mass is 406 g/mol. The first kappa shape index (κ1) is 20.1. The van der Waals surface area contributed by atoms with E-state index in [0.29, 0.717) is 0 Å². The van der Waals surface area contributed by atoms with Gasteiger partial charge in [0.2, 0.25) is 0 Å². The molecule has 1 unspecified atom stereocenters. The molecule has 2 aromatic rings. The summed E-state index contributed by atoms with van der Waals surface area (Å²) in [6, 6.07) is 6.73. The Morgan fingerprint density at radius 1 is 1.00 bits per heavy atom. The Bertz CT molecular complexity index is 815. The van der Waals surface area contributed by atoms with Gasteiger partial charge in [0.05, 0.1) is 11.8 Å². The van der Waals surface area contributed by atoms with Crippen LogP contribution in [0.4, 0.5) is 0 Å². The fourth-order valence-corrected chi connectivity index (χ4v) is 5.80. The van der Waals surface area contributed by atoms with Gasteiger partial charge in [0, 0.05) is 36.7 Å². The molecule has 0 radical (unpaired) electrons. The zero-order chi connectivity index (χ0) is 20.3. The van der Waals surface area contributed by atoms with Gasteiger partial charge in [-0.3, -0.25) is 4.98 Å². The summed E-state index contributed by atoms with van der Waals surface area (Å²) in [5.41, 5.74) is 4.10. The number of pyridine rings is 1. The third-order valence-corrected chi connectivity index (χ3v) is 7.83. The molecule has 1 N–H and O–H groups in total. The van der Waals surface area contributed by atoms with Crippen LogP contribution in [0.25, 0.3) is 0 Å². The molecule has 1 atom stereocenters. The fourth-order valence-electron chi connectivity index (χ4n) is 5.80. The van der Waals surface area contributed by atoms with Crippen LogP contribution in [-0.2, 0) is 16.7 Å². The fraction of sp³-hybridized carbons (Fsp3) is 0.640. The van der Waals surface area contributed by atoms with Gasteiger partial charge in [0.25, 0.3) is 0 Å². The van der Waals surface area contributed by atoms with Crippen molar-refractivity contribution < 1.29 is 4.74 Å². The van der Waals surface area contributed by atoms with Crippen molar-refractivity contribution in [3.05, 3.63) is 53.6 Å². The Labute approximate surface area is 180 Å². The summed E-state index contributed by atoms with van der Waals surface area (Å²) in [5.74, 6) is 0.744. The largest absolute Gasteiger partial charge is 0.375 e. The van der Waals surface area contributed by atoms with E-state index in [1.807, 2.05) is 12.3 Å². The van der Waals surface area contributed by atoms with Crippen LogP contribution in [0.5, 0.6) is 0 Å². The lowest BCUT2D eigenvalue weighted by Gasteiger charge is -2.46. The average Bonchev–Trinajstić information content (AvgIpc) is 3.19. The van der Waals surface area contributed by atoms with E-state index in [-0.39, 0.29) is 11.0 Å². The van der Waals surface area contributed by atoms with Crippen LogP contribution in [0.3, 0.4) is 0 Å². The van der Waals surface area contributed by atoms with Gasteiger partial charge in [0.15, 0.2) is 0 Å². The minimum Gasteiger partial charge on any atom is -0.375 e. The predicted molar refractivity (Wildman–Crippen MR) is 117 cm³/mol. The number of hydrogen-bond acceptors (Lipinski definition) is 5. The number of nitrogens with zero attached hydrogens (tertiary/aromatic N) is 3. The highest BCUT2D eigenvalue weighted by Crippen LogP contribution is 2.49. The third kappa shape index (κ3) is 4.15. The third-order valence-electron chi connectivity index (χ3n) is 7.83. The number of ether oxygens (including phenoxy) is 1. The smallest absolute Gasteiger partial charge is 0.0691 e. The molecule has 3 fully saturated rings. The minimum atomic E-state index is 0.0849. The standard InChI is InChI=1S/C25H34N4O/c1-2-10-25(9-1)19-24(12-15-30-25,11-14-26-16-20-8-13-28-29-17-20)23-7-6-22(18-27-23)21-4-3-5-21/h6-8,13,17-18,21,26H,1-5,9-12,14-16,19H2. The molecule has 1 spiro atoms. The topological polar surface area (TPSA) is 59.9 Å². The van der Waals surface area contributed by atoms with Crippen LogP contribution in [0.2, 0.25) is 0 Å². The van der Waals surface area contributed by atoms with Crippen molar-refractivity contribution >= 4 is 0 Å². The van der Waals surface area contributed by atoms with Crippen molar-refractivity contribution in [3.8, 4) is 0 Å². The Balaban J connectivity index is 1.32. The van der Waals surface area contributed by atoms with Crippen molar-refractivity contribution in [2.45, 2.75) is 87.7 Å².